The Hall–Kier alpha value is -3.75. The van der Waals surface area contributed by atoms with Gasteiger partial charge in [-0.15, -0.1) is 0 Å². The van der Waals surface area contributed by atoms with Gasteiger partial charge in [-0.05, 0) is 40.1 Å². The molecular weight excluding hydrogens is 401 g/mol. The van der Waals surface area contributed by atoms with Gasteiger partial charge in [0.15, 0.2) is 16.2 Å². The number of carbonyl (C=O) groups is 1. The Morgan fingerprint density at radius 3 is 2.62 bits per heavy atom. The van der Waals surface area contributed by atoms with Crippen molar-refractivity contribution in [1.82, 2.24) is 10.1 Å². The van der Waals surface area contributed by atoms with E-state index >= 15 is 0 Å². The Morgan fingerprint density at radius 1 is 1.34 bits per heavy atom. The molecule has 0 saturated heterocycles. The minimum absolute atomic E-state index is 0.0288. The number of anilines is 1. The van der Waals surface area contributed by atoms with Gasteiger partial charge in [-0.2, -0.15) is 5.26 Å². The molecule has 0 radical (unpaired) electrons. The molecule has 29 heavy (non-hydrogen) atoms. The summed E-state index contributed by atoms with van der Waals surface area (Å²) in [5.41, 5.74) is -0.0750. The number of nitriles is 1. The van der Waals surface area contributed by atoms with E-state index in [9.17, 15) is 24.0 Å². The molecule has 0 bridgehead atoms. The van der Waals surface area contributed by atoms with Crippen LogP contribution in [0.25, 0.3) is 5.69 Å². The van der Waals surface area contributed by atoms with Gasteiger partial charge in [-0.1, -0.05) is 0 Å². The maximum atomic E-state index is 13.0. The SMILES string of the molecule is C[S+]([O-])c1cc(-[n+]2cc(O)c(C(=O)Nc3ccc(F)cc3)c(O)n2)cnc1C#N. The molecule has 0 aliphatic carbocycles. The van der Waals surface area contributed by atoms with E-state index in [1.165, 1.54) is 30.7 Å². The van der Waals surface area contributed by atoms with Crippen molar-refractivity contribution in [2.75, 3.05) is 11.6 Å². The molecule has 9 nitrogen and oxygen atoms in total. The molecular formula is C18H13FN5O4S+. The lowest BCUT2D eigenvalue weighted by atomic mass is 10.2. The molecule has 11 heteroatoms. The predicted octanol–water partition coefficient (Wildman–Crippen LogP) is 1.16. The van der Waals surface area contributed by atoms with Crippen molar-refractivity contribution >= 4 is 22.8 Å². The number of aromatic nitrogens is 3. The summed E-state index contributed by atoms with van der Waals surface area (Å²) in [6.45, 7) is 0. The molecule has 2 heterocycles. The second-order valence-electron chi connectivity index (χ2n) is 5.72. The van der Waals surface area contributed by atoms with E-state index in [0.29, 0.717) is 0 Å². The van der Waals surface area contributed by atoms with E-state index in [0.717, 1.165) is 23.0 Å². The number of benzene rings is 1. The first-order valence-corrected chi connectivity index (χ1v) is 9.51. The third-order valence-electron chi connectivity index (χ3n) is 3.77. The van der Waals surface area contributed by atoms with Gasteiger partial charge in [0.05, 0.1) is 6.07 Å². The lowest BCUT2D eigenvalue weighted by Gasteiger charge is -2.07. The summed E-state index contributed by atoms with van der Waals surface area (Å²) in [4.78, 5) is 16.4. The van der Waals surface area contributed by atoms with Gasteiger partial charge < -0.3 is 20.1 Å². The topological polar surface area (TPSA) is 146 Å². The highest BCUT2D eigenvalue weighted by molar-refractivity contribution is 7.90. The number of amides is 1. The van der Waals surface area contributed by atoms with Gasteiger partial charge in [0, 0.05) is 10.8 Å². The summed E-state index contributed by atoms with van der Waals surface area (Å²) in [7, 11) is 0. The van der Waals surface area contributed by atoms with E-state index in [-0.39, 0.29) is 22.0 Å². The summed E-state index contributed by atoms with van der Waals surface area (Å²) in [5, 5.41) is 35.6. The Bertz CT molecular complexity index is 1110. The van der Waals surface area contributed by atoms with Crippen LogP contribution >= 0.6 is 0 Å². The van der Waals surface area contributed by atoms with E-state index in [2.05, 4.69) is 15.4 Å². The predicted molar refractivity (Wildman–Crippen MR) is 98.3 cm³/mol. The van der Waals surface area contributed by atoms with Crippen LogP contribution in [0.15, 0.2) is 47.6 Å². The maximum Gasteiger partial charge on any atom is 0.293 e. The van der Waals surface area contributed by atoms with Crippen LogP contribution < -0.4 is 10.00 Å². The summed E-state index contributed by atoms with van der Waals surface area (Å²) in [6.07, 6.45) is 3.65. The first-order valence-electron chi connectivity index (χ1n) is 7.96. The normalized spacial score (nSPS) is 11.5. The van der Waals surface area contributed by atoms with E-state index in [1.807, 2.05) is 6.07 Å². The molecule has 0 aliphatic heterocycles. The highest BCUT2D eigenvalue weighted by Gasteiger charge is 2.27. The average Bonchev–Trinajstić information content (AvgIpc) is 2.68. The zero-order valence-electron chi connectivity index (χ0n) is 14.8. The van der Waals surface area contributed by atoms with Crippen molar-refractivity contribution < 1.29 is 28.6 Å². The average molecular weight is 414 g/mol. The zero-order chi connectivity index (χ0) is 21.1. The van der Waals surface area contributed by atoms with E-state index < -0.39 is 40.1 Å². The smallest absolute Gasteiger partial charge is 0.293 e. The summed E-state index contributed by atoms with van der Waals surface area (Å²) in [5.74, 6) is -2.73. The molecule has 2 aromatic heterocycles. The first-order chi connectivity index (χ1) is 13.8. The quantitative estimate of drug-likeness (QED) is 0.429. The molecule has 0 saturated carbocycles. The van der Waals surface area contributed by atoms with Crippen LogP contribution in [-0.2, 0) is 11.2 Å². The number of nitrogens with one attached hydrogen (secondary N) is 1. The Labute approximate surface area is 166 Å². The minimum atomic E-state index is -1.51. The summed E-state index contributed by atoms with van der Waals surface area (Å²) in [6, 6.07) is 8.09. The second kappa shape index (κ2) is 8.09. The van der Waals surface area contributed by atoms with Crippen LogP contribution in [0.3, 0.4) is 0 Å². The van der Waals surface area contributed by atoms with E-state index in [4.69, 9.17) is 5.26 Å². The Morgan fingerprint density at radius 2 is 2.03 bits per heavy atom. The molecule has 1 amide bonds. The van der Waals surface area contributed by atoms with Crippen molar-refractivity contribution in [2.24, 2.45) is 0 Å². The van der Waals surface area contributed by atoms with Crippen molar-refractivity contribution in [3.63, 3.8) is 0 Å². The van der Waals surface area contributed by atoms with Gasteiger partial charge in [0.1, 0.15) is 24.3 Å². The number of pyridine rings is 1. The fourth-order valence-electron chi connectivity index (χ4n) is 2.42. The number of rotatable bonds is 4. The van der Waals surface area contributed by atoms with Crippen LogP contribution in [-0.4, -0.2) is 37.0 Å². The standard InChI is InChI=1S/C18H12FN5O4S/c1-29(28)15-6-12(8-21-13(15)7-20)24-9-14(25)16(18(27)23-24)17(26)22-11-4-2-10(19)3-5-11/h2-6,8-9H,1H3,(H2-,22,23,25,26,27)/p+1. The Kier molecular flexibility index (Phi) is 5.58. The fraction of sp³-hybridized carbons (Fsp3) is 0.0556. The number of hydrogen-bond acceptors (Lipinski definition) is 7. The van der Waals surface area contributed by atoms with Crippen LogP contribution in [0.2, 0.25) is 0 Å². The largest absolute Gasteiger partial charge is 0.612 e. The molecule has 3 rings (SSSR count). The van der Waals surface area contributed by atoms with Gasteiger partial charge in [0.2, 0.25) is 11.9 Å². The van der Waals surface area contributed by atoms with Crippen molar-refractivity contribution in [1.29, 1.82) is 5.26 Å². The van der Waals surface area contributed by atoms with Crippen LogP contribution in [0, 0.1) is 17.1 Å². The zero-order valence-corrected chi connectivity index (χ0v) is 15.6. The van der Waals surface area contributed by atoms with Gasteiger partial charge in [0.25, 0.3) is 17.5 Å². The third kappa shape index (κ3) is 4.23. The fourth-order valence-corrected chi connectivity index (χ4v) is 3.07. The molecule has 1 aromatic carbocycles. The molecule has 0 aliphatic rings. The molecule has 3 aromatic rings. The number of halogens is 1. The van der Waals surface area contributed by atoms with Crippen LogP contribution in [0.1, 0.15) is 16.1 Å². The van der Waals surface area contributed by atoms with Crippen LogP contribution in [0.5, 0.6) is 11.6 Å². The number of nitrogens with zero attached hydrogens (tertiary/aromatic N) is 4. The summed E-state index contributed by atoms with van der Waals surface area (Å²) >= 11 is -1.51. The van der Waals surface area contributed by atoms with Crippen molar-refractivity contribution in [3.8, 4) is 23.4 Å². The van der Waals surface area contributed by atoms with Gasteiger partial charge in [-0.3, -0.25) is 4.79 Å². The molecule has 3 N–H and O–H groups in total. The van der Waals surface area contributed by atoms with Crippen molar-refractivity contribution in [2.45, 2.75) is 4.90 Å². The number of hydrogen-bond donors (Lipinski definition) is 3. The molecule has 1 atom stereocenters. The third-order valence-corrected chi connectivity index (χ3v) is 4.70. The number of carbonyl (C=O) groups excluding carboxylic acids is 1. The monoisotopic (exact) mass is 414 g/mol. The highest BCUT2D eigenvalue weighted by atomic mass is 32.2. The molecule has 0 spiro atoms. The van der Waals surface area contributed by atoms with E-state index in [1.54, 1.807) is 0 Å². The van der Waals surface area contributed by atoms with Crippen LogP contribution in [0.4, 0.5) is 10.1 Å². The first kappa shape index (κ1) is 20.0. The highest BCUT2D eigenvalue weighted by Crippen LogP contribution is 2.24. The molecule has 0 fully saturated rings. The maximum absolute atomic E-state index is 13.0. The number of aromatic hydroxyl groups is 2. The molecule has 1 unspecified atom stereocenters. The lowest BCUT2D eigenvalue weighted by molar-refractivity contribution is -0.661. The van der Waals surface area contributed by atoms with Gasteiger partial charge >= 0.3 is 0 Å². The lowest BCUT2D eigenvalue weighted by Crippen LogP contribution is -2.36. The van der Waals surface area contributed by atoms with Gasteiger partial charge in [-0.25, -0.2) is 9.37 Å². The minimum Gasteiger partial charge on any atom is -0.612 e. The molecule has 146 valence electrons. The Balaban J connectivity index is 1.95. The van der Waals surface area contributed by atoms with Crippen molar-refractivity contribution in [3.05, 3.63) is 59.8 Å². The second-order valence-corrected chi connectivity index (χ2v) is 7.07. The summed E-state index contributed by atoms with van der Waals surface area (Å²) < 4.78 is 25.8.